The van der Waals surface area contributed by atoms with Gasteiger partial charge in [-0.2, -0.15) is 0 Å². The third-order valence-corrected chi connectivity index (χ3v) is 2.77. The normalized spacial score (nSPS) is 10.5. The van der Waals surface area contributed by atoms with Gasteiger partial charge in [0.25, 0.3) is 5.91 Å². The number of hydrogen-bond donors (Lipinski definition) is 1. The molecule has 0 fully saturated rings. The molecule has 1 heterocycles. The number of hydrogen-bond acceptors (Lipinski definition) is 3. The van der Waals surface area contributed by atoms with Crippen molar-refractivity contribution in [3.63, 3.8) is 0 Å². The minimum Gasteiger partial charge on any atom is -0.444 e. The molecule has 0 aliphatic carbocycles. The molecule has 1 N–H and O–H groups in total. The molecule has 0 saturated carbocycles. The minimum absolute atomic E-state index is 0.218. The van der Waals surface area contributed by atoms with E-state index in [1.54, 1.807) is 13.1 Å². The Morgan fingerprint density at radius 1 is 1.47 bits per heavy atom. The molecule has 0 radical (unpaired) electrons. The number of nitrogens with one attached hydrogen (secondary N) is 1. The number of halogens is 1. The first-order chi connectivity index (χ1) is 9.10. The van der Waals surface area contributed by atoms with Gasteiger partial charge < -0.3 is 9.73 Å². The lowest BCUT2D eigenvalue weighted by Crippen LogP contribution is -2.23. The highest BCUT2D eigenvalue weighted by atomic mass is 19.1. The topological polar surface area (TPSA) is 55.1 Å². The molecular formula is C14H15FN2O2. The van der Waals surface area contributed by atoms with Crippen LogP contribution in [0.3, 0.4) is 0 Å². The van der Waals surface area contributed by atoms with E-state index in [0.29, 0.717) is 17.0 Å². The summed E-state index contributed by atoms with van der Waals surface area (Å²) in [6.45, 7) is 3.80. The molecule has 0 unspecified atom stereocenters. The largest absolute Gasteiger partial charge is 0.444 e. The van der Waals surface area contributed by atoms with E-state index in [-0.39, 0.29) is 18.3 Å². The van der Waals surface area contributed by atoms with Crippen molar-refractivity contribution < 1.29 is 13.6 Å². The van der Waals surface area contributed by atoms with Gasteiger partial charge in [0.05, 0.1) is 12.7 Å². The number of nitrogens with zero attached hydrogens (tertiary/aromatic N) is 1. The zero-order valence-corrected chi connectivity index (χ0v) is 10.9. The number of benzene rings is 1. The average Bonchev–Trinajstić information content (AvgIpc) is 2.87. The quantitative estimate of drug-likeness (QED) is 0.921. The molecule has 2 rings (SSSR count). The molecule has 4 nitrogen and oxygen atoms in total. The second-order valence-electron chi connectivity index (χ2n) is 4.22. The summed E-state index contributed by atoms with van der Waals surface area (Å²) in [4.78, 5) is 15.9. The van der Waals surface area contributed by atoms with Gasteiger partial charge in [-0.05, 0) is 30.7 Å². The summed E-state index contributed by atoms with van der Waals surface area (Å²) in [5.41, 5.74) is 0.859. The van der Waals surface area contributed by atoms with Gasteiger partial charge in [0.1, 0.15) is 11.6 Å². The van der Waals surface area contributed by atoms with Crippen LogP contribution in [0.5, 0.6) is 0 Å². The summed E-state index contributed by atoms with van der Waals surface area (Å²) in [6, 6.07) is 4.24. The van der Waals surface area contributed by atoms with E-state index in [4.69, 9.17) is 4.42 Å². The van der Waals surface area contributed by atoms with Crippen LogP contribution in [0.25, 0.3) is 0 Å². The molecule has 0 atom stereocenters. The summed E-state index contributed by atoms with van der Waals surface area (Å²) in [7, 11) is 0. The fourth-order valence-electron chi connectivity index (χ4n) is 1.64. The van der Waals surface area contributed by atoms with E-state index in [1.807, 2.05) is 6.92 Å². The van der Waals surface area contributed by atoms with E-state index in [0.717, 1.165) is 12.2 Å². The van der Waals surface area contributed by atoms with Crippen LogP contribution in [-0.2, 0) is 13.0 Å². The summed E-state index contributed by atoms with van der Waals surface area (Å²) in [5, 5.41) is 2.68. The predicted molar refractivity (Wildman–Crippen MR) is 68.2 cm³/mol. The molecule has 0 aliphatic rings. The maximum Gasteiger partial charge on any atom is 0.251 e. The third-order valence-electron chi connectivity index (χ3n) is 2.77. The van der Waals surface area contributed by atoms with Gasteiger partial charge in [-0.15, -0.1) is 0 Å². The molecule has 0 aliphatic heterocycles. The lowest BCUT2D eigenvalue weighted by molar-refractivity contribution is 0.0947. The Balaban J connectivity index is 1.99. The van der Waals surface area contributed by atoms with Crippen molar-refractivity contribution in [2.75, 3.05) is 0 Å². The van der Waals surface area contributed by atoms with Gasteiger partial charge in [-0.1, -0.05) is 6.92 Å². The molecular weight excluding hydrogens is 247 g/mol. The fraction of sp³-hybridized carbons (Fsp3) is 0.286. The number of aromatic nitrogens is 1. The van der Waals surface area contributed by atoms with E-state index in [2.05, 4.69) is 10.3 Å². The minimum atomic E-state index is -0.322. The molecule has 100 valence electrons. The van der Waals surface area contributed by atoms with Crippen LogP contribution in [0.15, 0.2) is 28.8 Å². The highest BCUT2D eigenvalue weighted by Crippen LogP contribution is 2.09. The van der Waals surface area contributed by atoms with Crippen LogP contribution in [0.4, 0.5) is 4.39 Å². The standard InChI is InChI=1S/C14H15FN2O2/c1-3-11-7-16-13(19-11)8-17-14(18)10-4-5-12(15)9(2)6-10/h4-7H,3,8H2,1-2H3,(H,17,18). The molecule has 2 aromatic rings. The molecule has 0 bridgehead atoms. The smallest absolute Gasteiger partial charge is 0.251 e. The third kappa shape index (κ3) is 3.19. The molecule has 1 aromatic heterocycles. The Kier molecular flexibility index (Phi) is 3.94. The van der Waals surface area contributed by atoms with Crippen molar-refractivity contribution in [1.82, 2.24) is 10.3 Å². The number of oxazole rings is 1. The van der Waals surface area contributed by atoms with Crippen molar-refractivity contribution in [3.05, 3.63) is 53.0 Å². The molecule has 1 amide bonds. The highest BCUT2D eigenvalue weighted by molar-refractivity contribution is 5.94. The van der Waals surface area contributed by atoms with Crippen LogP contribution >= 0.6 is 0 Å². The Bertz CT molecular complexity index is 593. The van der Waals surface area contributed by atoms with Crippen LogP contribution in [0.1, 0.15) is 34.5 Å². The Morgan fingerprint density at radius 3 is 2.89 bits per heavy atom. The zero-order valence-electron chi connectivity index (χ0n) is 10.9. The lowest BCUT2D eigenvalue weighted by Gasteiger charge is -2.04. The first kappa shape index (κ1) is 13.3. The number of amides is 1. The van der Waals surface area contributed by atoms with Crippen molar-refractivity contribution in [2.24, 2.45) is 0 Å². The summed E-state index contributed by atoms with van der Waals surface area (Å²) in [6.07, 6.45) is 2.40. The van der Waals surface area contributed by atoms with Gasteiger partial charge in [0.2, 0.25) is 5.89 Å². The number of aryl methyl sites for hydroxylation is 2. The van der Waals surface area contributed by atoms with E-state index < -0.39 is 0 Å². The second kappa shape index (κ2) is 5.65. The van der Waals surface area contributed by atoms with Crippen molar-refractivity contribution in [1.29, 1.82) is 0 Å². The van der Waals surface area contributed by atoms with Gasteiger partial charge in [0, 0.05) is 12.0 Å². The predicted octanol–water partition coefficient (Wildman–Crippen LogP) is 2.61. The fourth-order valence-corrected chi connectivity index (χ4v) is 1.64. The molecule has 0 spiro atoms. The molecule has 5 heteroatoms. The summed E-state index contributed by atoms with van der Waals surface area (Å²) >= 11 is 0. The van der Waals surface area contributed by atoms with E-state index in [9.17, 15) is 9.18 Å². The van der Waals surface area contributed by atoms with Gasteiger partial charge >= 0.3 is 0 Å². The van der Waals surface area contributed by atoms with Crippen LogP contribution in [-0.4, -0.2) is 10.9 Å². The van der Waals surface area contributed by atoms with Crippen LogP contribution in [0, 0.1) is 12.7 Å². The van der Waals surface area contributed by atoms with Crippen molar-refractivity contribution >= 4 is 5.91 Å². The summed E-state index contributed by atoms with van der Waals surface area (Å²) < 4.78 is 18.5. The number of carbonyl (C=O) groups is 1. The van der Waals surface area contributed by atoms with Gasteiger partial charge in [-0.3, -0.25) is 4.79 Å². The number of rotatable bonds is 4. The van der Waals surface area contributed by atoms with Gasteiger partial charge in [0.15, 0.2) is 0 Å². The van der Waals surface area contributed by atoms with Gasteiger partial charge in [-0.25, -0.2) is 9.37 Å². The Labute approximate surface area is 110 Å². The van der Waals surface area contributed by atoms with Crippen LogP contribution in [0.2, 0.25) is 0 Å². The van der Waals surface area contributed by atoms with Crippen molar-refractivity contribution in [2.45, 2.75) is 26.8 Å². The van der Waals surface area contributed by atoms with E-state index >= 15 is 0 Å². The maximum absolute atomic E-state index is 13.1. The first-order valence-electron chi connectivity index (χ1n) is 6.08. The average molecular weight is 262 g/mol. The van der Waals surface area contributed by atoms with E-state index in [1.165, 1.54) is 18.2 Å². The van der Waals surface area contributed by atoms with Crippen molar-refractivity contribution in [3.8, 4) is 0 Å². The molecule has 1 aromatic carbocycles. The molecule has 19 heavy (non-hydrogen) atoms. The van der Waals surface area contributed by atoms with Crippen LogP contribution < -0.4 is 5.32 Å². The highest BCUT2D eigenvalue weighted by Gasteiger charge is 2.09. The molecule has 0 saturated heterocycles. The number of carbonyl (C=O) groups excluding carboxylic acids is 1. The Hall–Kier alpha value is -2.17. The SMILES string of the molecule is CCc1cnc(CNC(=O)c2ccc(F)c(C)c2)o1. The monoisotopic (exact) mass is 262 g/mol. The summed E-state index contributed by atoms with van der Waals surface area (Å²) in [5.74, 6) is 0.641. The zero-order chi connectivity index (χ0) is 13.8. The Morgan fingerprint density at radius 2 is 2.26 bits per heavy atom. The maximum atomic E-state index is 13.1. The lowest BCUT2D eigenvalue weighted by atomic mass is 10.1. The second-order valence-corrected chi connectivity index (χ2v) is 4.22. The first-order valence-corrected chi connectivity index (χ1v) is 6.08.